The molecule has 2 rings (SSSR count). The van der Waals surface area contributed by atoms with Gasteiger partial charge in [0.05, 0.1) is 24.0 Å². The highest BCUT2D eigenvalue weighted by atomic mass is 16.5. The Morgan fingerprint density at radius 3 is 3.00 bits per heavy atom. The van der Waals surface area contributed by atoms with Crippen LogP contribution in [-0.4, -0.2) is 31.6 Å². The molecule has 0 radical (unpaired) electrons. The minimum absolute atomic E-state index is 0.0723. The molecule has 0 bridgehead atoms. The number of hydrogen-bond donors (Lipinski definition) is 3. The number of rotatable bonds is 4. The van der Waals surface area contributed by atoms with Crippen LogP contribution in [0.25, 0.3) is 0 Å². The van der Waals surface area contributed by atoms with Gasteiger partial charge in [0.1, 0.15) is 0 Å². The van der Waals surface area contributed by atoms with Crippen LogP contribution in [0.2, 0.25) is 0 Å². The molecule has 1 aliphatic heterocycles. The van der Waals surface area contributed by atoms with E-state index in [9.17, 15) is 9.59 Å². The second kappa shape index (κ2) is 5.60. The summed E-state index contributed by atoms with van der Waals surface area (Å²) in [7, 11) is 1.33. The van der Waals surface area contributed by atoms with E-state index < -0.39 is 5.97 Å². The van der Waals surface area contributed by atoms with Gasteiger partial charge < -0.3 is 21.1 Å². The zero-order valence-electron chi connectivity index (χ0n) is 10.7. The molecule has 0 spiro atoms. The van der Waals surface area contributed by atoms with Gasteiger partial charge in [-0.1, -0.05) is 0 Å². The fourth-order valence-electron chi connectivity index (χ4n) is 2.02. The maximum Gasteiger partial charge on any atom is 0.337 e. The number of nitrogens with one attached hydrogen (secondary N) is 2. The third-order valence-electron chi connectivity index (χ3n) is 3.10. The van der Waals surface area contributed by atoms with Gasteiger partial charge in [-0.3, -0.25) is 4.79 Å². The molecule has 1 fully saturated rings. The number of hydrogen-bond acceptors (Lipinski definition) is 5. The van der Waals surface area contributed by atoms with Crippen molar-refractivity contribution >= 4 is 23.3 Å². The molecule has 1 saturated heterocycles. The summed E-state index contributed by atoms with van der Waals surface area (Å²) in [5.41, 5.74) is 7.50. The quantitative estimate of drug-likeness (QED) is 0.550. The summed E-state index contributed by atoms with van der Waals surface area (Å²) in [6.45, 7) is 0.584. The number of nitrogens with two attached hydrogens (primary N) is 1. The summed E-state index contributed by atoms with van der Waals surface area (Å²) in [6, 6.07) is 5.03. The second-order valence-corrected chi connectivity index (χ2v) is 4.48. The molecule has 0 aromatic heterocycles. The molecule has 6 nitrogen and oxygen atoms in total. The summed E-state index contributed by atoms with van der Waals surface area (Å²) in [5, 5.41) is 6.01. The maximum atomic E-state index is 11.4. The van der Waals surface area contributed by atoms with Crippen molar-refractivity contribution in [1.82, 2.24) is 5.32 Å². The van der Waals surface area contributed by atoms with Crippen molar-refractivity contribution in [3.8, 4) is 0 Å². The molecule has 1 atom stereocenters. The number of methoxy groups -OCH3 is 1. The predicted molar refractivity (Wildman–Crippen MR) is 71.8 cm³/mol. The normalized spacial score (nSPS) is 17.9. The van der Waals surface area contributed by atoms with E-state index in [1.54, 1.807) is 18.2 Å². The van der Waals surface area contributed by atoms with E-state index in [4.69, 9.17) is 5.73 Å². The van der Waals surface area contributed by atoms with Crippen molar-refractivity contribution in [2.24, 2.45) is 0 Å². The van der Waals surface area contributed by atoms with E-state index in [0.29, 0.717) is 29.9 Å². The van der Waals surface area contributed by atoms with Gasteiger partial charge >= 0.3 is 5.97 Å². The van der Waals surface area contributed by atoms with Crippen molar-refractivity contribution in [3.63, 3.8) is 0 Å². The van der Waals surface area contributed by atoms with E-state index in [1.165, 1.54) is 7.11 Å². The smallest absolute Gasteiger partial charge is 0.337 e. The molecule has 1 amide bonds. The standard InChI is InChI=1S/C13H17N3O3/c1-19-13(18)8-2-4-10(14)11(6-8)15-7-9-3-5-12(17)16-9/h2,4,6,9,15H,3,5,7,14H2,1H3,(H,16,17). The first-order valence-electron chi connectivity index (χ1n) is 6.11. The first-order valence-corrected chi connectivity index (χ1v) is 6.11. The minimum atomic E-state index is -0.405. The Labute approximate surface area is 111 Å². The second-order valence-electron chi connectivity index (χ2n) is 4.48. The summed E-state index contributed by atoms with van der Waals surface area (Å²) < 4.78 is 4.66. The van der Waals surface area contributed by atoms with Crippen molar-refractivity contribution < 1.29 is 14.3 Å². The first kappa shape index (κ1) is 13.2. The summed E-state index contributed by atoms with van der Waals surface area (Å²) in [4.78, 5) is 22.5. The van der Waals surface area contributed by atoms with Crippen LogP contribution in [-0.2, 0) is 9.53 Å². The zero-order chi connectivity index (χ0) is 13.8. The lowest BCUT2D eigenvalue weighted by Gasteiger charge is -2.14. The number of amides is 1. The van der Waals surface area contributed by atoms with Gasteiger partial charge in [0, 0.05) is 19.0 Å². The van der Waals surface area contributed by atoms with Crippen molar-refractivity contribution in [2.75, 3.05) is 24.7 Å². The Morgan fingerprint density at radius 2 is 2.37 bits per heavy atom. The van der Waals surface area contributed by atoms with E-state index in [-0.39, 0.29) is 11.9 Å². The SMILES string of the molecule is COC(=O)c1ccc(N)c(NCC2CCC(=O)N2)c1. The molecule has 0 saturated carbocycles. The van der Waals surface area contributed by atoms with E-state index in [0.717, 1.165) is 6.42 Å². The van der Waals surface area contributed by atoms with Crippen LogP contribution < -0.4 is 16.4 Å². The average Bonchev–Trinajstić information content (AvgIpc) is 2.82. The van der Waals surface area contributed by atoms with E-state index in [2.05, 4.69) is 15.4 Å². The van der Waals surface area contributed by atoms with Crippen LogP contribution in [0.3, 0.4) is 0 Å². The summed E-state index contributed by atoms with van der Waals surface area (Å²) in [5.74, 6) is -0.333. The van der Waals surface area contributed by atoms with Gasteiger partial charge in [0.2, 0.25) is 5.91 Å². The molecule has 1 aliphatic rings. The Balaban J connectivity index is 2.02. The summed E-state index contributed by atoms with van der Waals surface area (Å²) >= 11 is 0. The number of benzene rings is 1. The molecule has 1 unspecified atom stereocenters. The number of nitrogen functional groups attached to an aromatic ring is 1. The highest BCUT2D eigenvalue weighted by Gasteiger charge is 2.20. The van der Waals surface area contributed by atoms with Gasteiger partial charge in [-0.05, 0) is 24.6 Å². The molecule has 0 aliphatic carbocycles. The van der Waals surface area contributed by atoms with E-state index in [1.807, 2.05) is 0 Å². The van der Waals surface area contributed by atoms with Gasteiger partial charge in [0.25, 0.3) is 0 Å². The van der Waals surface area contributed by atoms with Gasteiger partial charge in [-0.15, -0.1) is 0 Å². The fourth-order valence-corrected chi connectivity index (χ4v) is 2.02. The zero-order valence-corrected chi connectivity index (χ0v) is 10.7. The summed E-state index contributed by atoms with van der Waals surface area (Å²) in [6.07, 6.45) is 1.37. The van der Waals surface area contributed by atoms with Crippen LogP contribution in [0, 0.1) is 0 Å². The lowest BCUT2D eigenvalue weighted by Crippen LogP contribution is -2.32. The molecule has 1 aromatic rings. The number of carbonyl (C=O) groups excluding carboxylic acids is 2. The molecule has 6 heteroatoms. The fraction of sp³-hybridized carbons (Fsp3) is 0.385. The molecule has 19 heavy (non-hydrogen) atoms. The molecule has 4 N–H and O–H groups in total. The third-order valence-corrected chi connectivity index (χ3v) is 3.10. The van der Waals surface area contributed by atoms with Crippen molar-refractivity contribution in [2.45, 2.75) is 18.9 Å². The number of ether oxygens (including phenoxy) is 1. The Kier molecular flexibility index (Phi) is 3.89. The Morgan fingerprint density at radius 1 is 1.58 bits per heavy atom. The van der Waals surface area contributed by atoms with Crippen molar-refractivity contribution in [1.29, 1.82) is 0 Å². The highest BCUT2D eigenvalue weighted by molar-refractivity contribution is 5.92. The number of esters is 1. The highest BCUT2D eigenvalue weighted by Crippen LogP contribution is 2.21. The first-order chi connectivity index (χ1) is 9.10. The molecule has 1 aromatic carbocycles. The number of carbonyl (C=O) groups is 2. The Bertz CT molecular complexity index is 502. The number of anilines is 2. The average molecular weight is 263 g/mol. The van der Waals surface area contributed by atoms with E-state index >= 15 is 0 Å². The van der Waals surface area contributed by atoms with Crippen molar-refractivity contribution in [3.05, 3.63) is 23.8 Å². The monoisotopic (exact) mass is 263 g/mol. The maximum absolute atomic E-state index is 11.4. The Hall–Kier alpha value is -2.24. The van der Waals surface area contributed by atoms with Gasteiger partial charge in [-0.25, -0.2) is 4.79 Å². The van der Waals surface area contributed by atoms with Gasteiger partial charge in [0.15, 0.2) is 0 Å². The van der Waals surface area contributed by atoms with Crippen LogP contribution in [0.4, 0.5) is 11.4 Å². The molecular weight excluding hydrogens is 246 g/mol. The predicted octanol–water partition coefficient (Wildman–Crippen LogP) is 0.746. The van der Waals surface area contributed by atoms with Crippen LogP contribution in [0.15, 0.2) is 18.2 Å². The molecule has 1 heterocycles. The molecule has 102 valence electrons. The third kappa shape index (κ3) is 3.15. The topological polar surface area (TPSA) is 93.4 Å². The largest absolute Gasteiger partial charge is 0.465 e. The lowest BCUT2D eigenvalue weighted by atomic mass is 10.1. The minimum Gasteiger partial charge on any atom is -0.465 e. The van der Waals surface area contributed by atoms with Crippen LogP contribution >= 0.6 is 0 Å². The lowest BCUT2D eigenvalue weighted by molar-refractivity contribution is -0.119. The van der Waals surface area contributed by atoms with Crippen LogP contribution in [0.5, 0.6) is 0 Å². The molecular formula is C13H17N3O3. The van der Waals surface area contributed by atoms with Gasteiger partial charge in [-0.2, -0.15) is 0 Å². The van der Waals surface area contributed by atoms with Crippen LogP contribution in [0.1, 0.15) is 23.2 Å².